The molecule has 0 amide bonds. The Balaban J connectivity index is 1.76. The molecule has 3 aromatic rings. The first kappa shape index (κ1) is 17.2. The first-order valence-corrected chi connectivity index (χ1v) is 9.76. The van der Waals surface area contributed by atoms with Crippen molar-refractivity contribution in [2.24, 2.45) is 0 Å². The third kappa shape index (κ3) is 3.13. The highest BCUT2D eigenvalue weighted by atomic mass is 16.5. The SMILES string of the molecule is Cc1cc(-c2c3c(nc(OC4CCOC4)c2-c2nn[nH]n2)CCCC3)ccn1. The molecule has 4 heterocycles. The number of hydrogen-bond donors (Lipinski definition) is 1. The first-order valence-electron chi connectivity index (χ1n) is 9.76. The Labute approximate surface area is 162 Å². The maximum absolute atomic E-state index is 6.32. The molecule has 8 heteroatoms. The third-order valence-corrected chi connectivity index (χ3v) is 5.36. The largest absolute Gasteiger partial charge is 0.471 e. The fraction of sp³-hybridized carbons (Fsp3) is 0.450. The zero-order chi connectivity index (χ0) is 18.9. The summed E-state index contributed by atoms with van der Waals surface area (Å²) in [5, 5.41) is 14.9. The van der Waals surface area contributed by atoms with Crippen molar-refractivity contribution >= 4 is 0 Å². The summed E-state index contributed by atoms with van der Waals surface area (Å²) < 4.78 is 11.8. The van der Waals surface area contributed by atoms with Gasteiger partial charge in [0.05, 0.1) is 18.8 Å². The molecule has 1 aliphatic heterocycles. The Bertz CT molecular complexity index is 983. The summed E-state index contributed by atoms with van der Waals surface area (Å²) in [5.41, 5.74) is 6.30. The molecule has 0 aromatic carbocycles. The molecule has 1 aliphatic carbocycles. The monoisotopic (exact) mass is 378 g/mol. The van der Waals surface area contributed by atoms with Gasteiger partial charge in [0.25, 0.3) is 0 Å². The lowest BCUT2D eigenvalue weighted by Gasteiger charge is -2.24. The summed E-state index contributed by atoms with van der Waals surface area (Å²) in [7, 11) is 0. The van der Waals surface area contributed by atoms with Gasteiger partial charge < -0.3 is 9.47 Å². The number of nitrogens with one attached hydrogen (secondary N) is 1. The van der Waals surface area contributed by atoms with E-state index in [-0.39, 0.29) is 6.10 Å². The van der Waals surface area contributed by atoms with Gasteiger partial charge in [-0.15, -0.1) is 10.2 Å². The van der Waals surface area contributed by atoms with Crippen molar-refractivity contribution in [3.8, 4) is 28.4 Å². The number of nitrogens with zero attached hydrogens (tertiary/aromatic N) is 5. The molecule has 5 rings (SSSR count). The number of rotatable bonds is 4. The zero-order valence-electron chi connectivity index (χ0n) is 15.8. The van der Waals surface area contributed by atoms with Gasteiger partial charge in [0.1, 0.15) is 6.10 Å². The van der Waals surface area contributed by atoms with Crippen LogP contribution in [0.4, 0.5) is 0 Å². The number of aromatic nitrogens is 6. The van der Waals surface area contributed by atoms with Gasteiger partial charge in [-0.1, -0.05) is 0 Å². The molecule has 2 aliphatic rings. The molecule has 28 heavy (non-hydrogen) atoms. The van der Waals surface area contributed by atoms with Gasteiger partial charge >= 0.3 is 0 Å². The molecule has 0 bridgehead atoms. The average Bonchev–Trinajstić information content (AvgIpc) is 3.41. The van der Waals surface area contributed by atoms with Crippen LogP contribution in [0.1, 0.15) is 36.2 Å². The second kappa shape index (κ2) is 7.27. The summed E-state index contributed by atoms with van der Waals surface area (Å²) in [5.74, 6) is 1.07. The van der Waals surface area contributed by atoms with Crippen molar-refractivity contribution in [1.29, 1.82) is 0 Å². The number of fused-ring (bicyclic) bond motifs is 1. The summed E-state index contributed by atoms with van der Waals surface area (Å²) in [4.78, 5) is 9.29. The number of ether oxygens (including phenoxy) is 2. The highest BCUT2D eigenvalue weighted by Crippen LogP contribution is 2.42. The maximum Gasteiger partial charge on any atom is 0.226 e. The lowest BCUT2D eigenvalue weighted by atomic mass is 9.86. The summed E-state index contributed by atoms with van der Waals surface area (Å²) >= 11 is 0. The number of tetrazole rings is 1. The van der Waals surface area contributed by atoms with Gasteiger partial charge in [-0.2, -0.15) is 5.21 Å². The van der Waals surface area contributed by atoms with Crippen LogP contribution in [0.25, 0.3) is 22.5 Å². The van der Waals surface area contributed by atoms with Crippen molar-refractivity contribution < 1.29 is 9.47 Å². The number of pyridine rings is 2. The minimum absolute atomic E-state index is 0.00758. The Morgan fingerprint density at radius 2 is 2.14 bits per heavy atom. The van der Waals surface area contributed by atoms with Crippen molar-refractivity contribution in [3.05, 3.63) is 35.3 Å². The fourth-order valence-corrected chi connectivity index (χ4v) is 4.06. The van der Waals surface area contributed by atoms with Crippen LogP contribution in [0.2, 0.25) is 0 Å². The number of aryl methyl sites for hydroxylation is 2. The van der Waals surface area contributed by atoms with Crippen molar-refractivity contribution in [3.63, 3.8) is 0 Å². The summed E-state index contributed by atoms with van der Waals surface area (Å²) in [6.07, 6.45) is 6.91. The predicted molar refractivity (Wildman–Crippen MR) is 102 cm³/mol. The number of H-pyrrole nitrogens is 1. The van der Waals surface area contributed by atoms with E-state index in [1.165, 1.54) is 5.56 Å². The van der Waals surface area contributed by atoms with E-state index in [4.69, 9.17) is 14.5 Å². The van der Waals surface area contributed by atoms with Crippen LogP contribution in [0, 0.1) is 6.92 Å². The van der Waals surface area contributed by atoms with Gasteiger partial charge in [0.15, 0.2) is 0 Å². The standard InChI is InChI=1S/C20H22N6O2/c1-12-10-13(6-8-21-12)17-15-4-2-3-5-16(15)22-20(28-14-7-9-27-11-14)18(17)19-23-25-26-24-19/h6,8,10,14H,2-5,7,9,11H2,1H3,(H,23,24,25,26). The van der Waals surface area contributed by atoms with E-state index < -0.39 is 0 Å². The van der Waals surface area contributed by atoms with E-state index in [2.05, 4.69) is 31.7 Å². The Kier molecular flexibility index (Phi) is 4.48. The maximum atomic E-state index is 6.32. The minimum atomic E-state index is -0.00758. The fourth-order valence-electron chi connectivity index (χ4n) is 4.06. The van der Waals surface area contributed by atoms with Gasteiger partial charge in [0, 0.05) is 29.6 Å². The van der Waals surface area contributed by atoms with Gasteiger partial charge in [-0.05, 0) is 61.1 Å². The Hall–Kier alpha value is -2.87. The molecular weight excluding hydrogens is 356 g/mol. The highest BCUT2D eigenvalue weighted by molar-refractivity contribution is 5.86. The lowest BCUT2D eigenvalue weighted by molar-refractivity contribution is 0.138. The van der Waals surface area contributed by atoms with Crippen LogP contribution in [0.5, 0.6) is 5.88 Å². The molecule has 144 valence electrons. The molecule has 1 saturated heterocycles. The summed E-state index contributed by atoms with van der Waals surface area (Å²) in [6.45, 7) is 3.29. The topological polar surface area (TPSA) is 98.7 Å². The quantitative estimate of drug-likeness (QED) is 0.745. The van der Waals surface area contributed by atoms with Crippen molar-refractivity contribution in [1.82, 2.24) is 30.6 Å². The van der Waals surface area contributed by atoms with Crippen molar-refractivity contribution in [2.75, 3.05) is 13.2 Å². The van der Waals surface area contributed by atoms with E-state index in [0.29, 0.717) is 24.9 Å². The van der Waals surface area contributed by atoms with E-state index >= 15 is 0 Å². The Morgan fingerprint density at radius 1 is 1.21 bits per heavy atom. The second-order valence-electron chi connectivity index (χ2n) is 7.32. The molecule has 0 saturated carbocycles. The van der Waals surface area contributed by atoms with Gasteiger partial charge in [-0.25, -0.2) is 4.98 Å². The molecule has 1 unspecified atom stereocenters. The molecule has 1 N–H and O–H groups in total. The van der Waals surface area contributed by atoms with Crippen LogP contribution in [0.3, 0.4) is 0 Å². The molecule has 1 fully saturated rings. The van der Waals surface area contributed by atoms with Gasteiger partial charge in [-0.3, -0.25) is 4.98 Å². The van der Waals surface area contributed by atoms with E-state index in [1.807, 2.05) is 19.2 Å². The van der Waals surface area contributed by atoms with E-state index in [1.54, 1.807) is 0 Å². The minimum Gasteiger partial charge on any atom is -0.471 e. The number of aromatic amines is 1. The molecular formula is C20H22N6O2. The smallest absolute Gasteiger partial charge is 0.226 e. The molecule has 0 spiro atoms. The van der Waals surface area contributed by atoms with Crippen molar-refractivity contribution in [2.45, 2.75) is 45.1 Å². The highest BCUT2D eigenvalue weighted by Gasteiger charge is 2.29. The predicted octanol–water partition coefficient (Wildman–Crippen LogP) is 2.68. The van der Waals surface area contributed by atoms with E-state index in [9.17, 15) is 0 Å². The lowest BCUT2D eigenvalue weighted by Crippen LogP contribution is -2.19. The van der Waals surface area contributed by atoms with Crippen LogP contribution >= 0.6 is 0 Å². The van der Waals surface area contributed by atoms with Crippen LogP contribution < -0.4 is 4.74 Å². The van der Waals surface area contributed by atoms with Crippen LogP contribution in [-0.4, -0.2) is 49.9 Å². The first-order chi connectivity index (χ1) is 13.8. The number of hydrogen-bond acceptors (Lipinski definition) is 7. The van der Waals surface area contributed by atoms with E-state index in [0.717, 1.165) is 60.2 Å². The zero-order valence-corrected chi connectivity index (χ0v) is 15.8. The third-order valence-electron chi connectivity index (χ3n) is 5.36. The molecule has 1 atom stereocenters. The Morgan fingerprint density at radius 3 is 2.93 bits per heavy atom. The van der Waals surface area contributed by atoms with Gasteiger partial charge in [0.2, 0.25) is 11.7 Å². The van der Waals surface area contributed by atoms with Crippen LogP contribution in [0.15, 0.2) is 18.3 Å². The molecule has 0 radical (unpaired) electrons. The summed E-state index contributed by atoms with van der Waals surface area (Å²) in [6, 6.07) is 4.12. The second-order valence-corrected chi connectivity index (χ2v) is 7.32. The normalized spacial score (nSPS) is 18.8. The average molecular weight is 378 g/mol. The molecule has 3 aromatic heterocycles. The van der Waals surface area contributed by atoms with Crippen LogP contribution in [-0.2, 0) is 17.6 Å². The molecule has 8 nitrogen and oxygen atoms in total.